The highest BCUT2D eigenvalue weighted by Gasteiger charge is 2.22. The van der Waals surface area contributed by atoms with Gasteiger partial charge in [0.1, 0.15) is 11.4 Å². The molecule has 6 nitrogen and oxygen atoms in total. The van der Waals surface area contributed by atoms with Crippen LogP contribution < -0.4 is 4.74 Å². The zero-order valence-corrected chi connectivity index (χ0v) is 17.1. The second-order valence-electron chi connectivity index (χ2n) is 6.04. The maximum atomic E-state index is 12.5. The first kappa shape index (κ1) is 20.8. The van der Waals surface area contributed by atoms with E-state index in [-0.39, 0.29) is 22.9 Å². The number of aliphatic carboxylic acids is 1. The summed E-state index contributed by atoms with van der Waals surface area (Å²) >= 11 is 12.4. The molecule has 8 heteroatoms. The first-order valence-electron chi connectivity index (χ1n) is 8.63. The third-order valence-corrected chi connectivity index (χ3v) is 4.75. The van der Waals surface area contributed by atoms with Crippen LogP contribution >= 0.6 is 23.2 Å². The number of aromatic amines is 1. The Kier molecular flexibility index (Phi) is 6.15. The summed E-state index contributed by atoms with van der Waals surface area (Å²) in [4.78, 5) is 27.5. The van der Waals surface area contributed by atoms with Crippen LogP contribution in [-0.2, 0) is 9.53 Å². The minimum absolute atomic E-state index is 0.0404. The van der Waals surface area contributed by atoms with Crippen molar-refractivity contribution >= 4 is 57.7 Å². The Morgan fingerprint density at radius 3 is 2.62 bits per heavy atom. The van der Waals surface area contributed by atoms with Gasteiger partial charge in [-0.15, -0.1) is 0 Å². The summed E-state index contributed by atoms with van der Waals surface area (Å²) in [6.07, 6.45) is 1.39. The maximum Gasteiger partial charge on any atom is 0.355 e. The Labute approximate surface area is 176 Å². The van der Waals surface area contributed by atoms with Gasteiger partial charge in [0.25, 0.3) is 0 Å². The molecule has 2 N–H and O–H groups in total. The molecule has 150 valence electrons. The Bertz CT molecular complexity index is 1130. The lowest BCUT2D eigenvalue weighted by molar-refractivity contribution is -0.130. The number of fused-ring (bicyclic) bond motifs is 1. The molecule has 0 aliphatic heterocycles. The van der Waals surface area contributed by atoms with Gasteiger partial charge in [-0.2, -0.15) is 0 Å². The van der Waals surface area contributed by atoms with Gasteiger partial charge in [0.2, 0.25) is 0 Å². The Morgan fingerprint density at radius 2 is 1.97 bits per heavy atom. The van der Waals surface area contributed by atoms with Gasteiger partial charge in [0.15, 0.2) is 0 Å². The van der Waals surface area contributed by atoms with E-state index in [1.807, 2.05) is 0 Å². The number of hydrogen-bond donors (Lipinski definition) is 2. The van der Waals surface area contributed by atoms with Crippen molar-refractivity contribution in [3.63, 3.8) is 0 Å². The minimum atomic E-state index is -1.17. The fraction of sp³-hybridized carbons (Fsp3) is 0.143. The summed E-state index contributed by atoms with van der Waals surface area (Å²) in [6.45, 7) is 1.84. The highest BCUT2D eigenvalue weighted by molar-refractivity contribution is 6.39. The molecule has 0 saturated heterocycles. The molecule has 29 heavy (non-hydrogen) atoms. The van der Waals surface area contributed by atoms with E-state index in [0.29, 0.717) is 32.8 Å². The van der Waals surface area contributed by atoms with Crippen molar-refractivity contribution in [2.75, 3.05) is 13.7 Å². The van der Waals surface area contributed by atoms with Crippen LogP contribution in [0.25, 0.3) is 22.6 Å². The summed E-state index contributed by atoms with van der Waals surface area (Å²) in [5.41, 5.74) is 1.26. The average molecular weight is 434 g/mol. The molecule has 0 spiro atoms. The predicted molar refractivity (Wildman–Crippen MR) is 113 cm³/mol. The molecule has 0 radical (unpaired) electrons. The molecule has 0 saturated carbocycles. The molecule has 0 bridgehead atoms. The molecular formula is C21H17Cl2NO5. The van der Waals surface area contributed by atoms with Crippen molar-refractivity contribution < 1.29 is 24.2 Å². The first-order valence-corrected chi connectivity index (χ1v) is 9.38. The second-order valence-corrected chi connectivity index (χ2v) is 6.88. The van der Waals surface area contributed by atoms with Crippen LogP contribution in [0.5, 0.6) is 5.75 Å². The van der Waals surface area contributed by atoms with Gasteiger partial charge in [-0.05, 0) is 42.8 Å². The number of H-pyrrole nitrogens is 1. The molecule has 1 heterocycles. The zero-order valence-electron chi connectivity index (χ0n) is 15.6. The van der Waals surface area contributed by atoms with E-state index < -0.39 is 11.9 Å². The number of benzene rings is 2. The van der Waals surface area contributed by atoms with E-state index in [2.05, 4.69) is 4.98 Å². The third-order valence-electron chi connectivity index (χ3n) is 4.23. The van der Waals surface area contributed by atoms with Crippen molar-refractivity contribution in [1.82, 2.24) is 4.98 Å². The molecule has 1 aromatic heterocycles. The molecule has 0 atom stereocenters. The second kappa shape index (κ2) is 8.59. The molecule has 0 aliphatic rings. The van der Waals surface area contributed by atoms with Crippen LogP contribution in [0, 0.1) is 0 Å². The SMILES string of the molecule is CCOC(=O)c1[nH]c2cc(Cl)cc(Cl)c2c1/C=C(\C(=O)O)c1cccc(OC)c1. The highest BCUT2D eigenvalue weighted by Crippen LogP contribution is 2.35. The molecule has 0 aliphatic carbocycles. The standard InChI is InChI=1S/C21H17Cl2NO5/c1-3-29-21(27)19-15(18-16(23)8-12(22)9-17(18)24-19)10-14(20(25)26)11-5-4-6-13(7-11)28-2/h4-10,24H,3H2,1-2H3,(H,25,26)/b14-10-. The van der Waals surface area contributed by atoms with E-state index in [1.54, 1.807) is 37.3 Å². The lowest BCUT2D eigenvalue weighted by Gasteiger charge is -2.07. The Balaban J connectivity index is 2.31. The summed E-state index contributed by atoms with van der Waals surface area (Å²) in [5.74, 6) is -1.30. The number of carbonyl (C=O) groups is 2. The van der Waals surface area contributed by atoms with E-state index in [1.165, 1.54) is 19.3 Å². The number of rotatable bonds is 6. The van der Waals surface area contributed by atoms with Crippen LogP contribution in [0.3, 0.4) is 0 Å². The van der Waals surface area contributed by atoms with E-state index in [4.69, 9.17) is 32.7 Å². The van der Waals surface area contributed by atoms with Gasteiger partial charge in [-0.3, -0.25) is 0 Å². The highest BCUT2D eigenvalue weighted by atomic mass is 35.5. The normalized spacial score (nSPS) is 11.5. The van der Waals surface area contributed by atoms with Crippen molar-refractivity contribution in [3.05, 3.63) is 63.3 Å². The largest absolute Gasteiger partial charge is 0.497 e. The minimum Gasteiger partial charge on any atom is -0.497 e. The number of carboxylic acids is 1. The summed E-state index contributed by atoms with van der Waals surface area (Å²) in [7, 11) is 1.49. The van der Waals surface area contributed by atoms with Crippen LogP contribution in [0.1, 0.15) is 28.5 Å². The van der Waals surface area contributed by atoms with Gasteiger partial charge >= 0.3 is 11.9 Å². The third kappa shape index (κ3) is 4.23. The van der Waals surface area contributed by atoms with E-state index >= 15 is 0 Å². The van der Waals surface area contributed by atoms with Gasteiger partial charge in [0, 0.05) is 21.5 Å². The smallest absolute Gasteiger partial charge is 0.355 e. The van der Waals surface area contributed by atoms with Crippen LogP contribution in [-0.4, -0.2) is 35.7 Å². The summed E-state index contributed by atoms with van der Waals surface area (Å²) < 4.78 is 10.3. The quantitative estimate of drug-likeness (QED) is 0.407. The number of ether oxygens (including phenoxy) is 2. The van der Waals surface area contributed by atoms with E-state index in [0.717, 1.165) is 0 Å². The monoisotopic (exact) mass is 433 g/mol. The number of carboxylic acid groups (broad SMARTS) is 1. The van der Waals surface area contributed by atoms with Crippen molar-refractivity contribution in [3.8, 4) is 5.75 Å². The zero-order chi connectivity index (χ0) is 21.1. The fourth-order valence-electron chi connectivity index (χ4n) is 2.99. The van der Waals surface area contributed by atoms with Crippen molar-refractivity contribution in [2.45, 2.75) is 6.92 Å². The molecule has 3 aromatic rings. The van der Waals surface area contributed by atoms with Crippen LogP contribution in [0.2, 0.25) is 10.0 Å². The van der Waals surface area contributed by atoms with Crippen molar-refractivity contribution in [1.29, 1.82) is 0 Å². The molecular weight excluding hydrogens is 417 g/mol. The van der Waals surface area contributed by atoms with Gasteiger partial charge in [-0.1, -0.05) is 35.3 Å². The Hall–Kier alpha value is -2.96. The van der Waals surface area contributed by atoms with Gasteiger partial charge in [-0.25, -0.2) is 9.59 Å². The summed E-state index contributed by atoms with van der Waals surface area (Å²) in [5, 5.41) is 10.9. The van der Waals surface area contributed by atoms with Gasteiger partial charge in [0.05, 0.1) is 24.3 Å². The fourth-order valence-corrected chi connectivity index (χ4v) is 3.58. The molecule has 0 amide bonds. The summed E-state index contributed by atoms with van der Waals surface area (Å²) in [6, 6.07) is 9.75. The molecule has 0 fully saturated rings. The maximum absolute atomic E-state index is 12.5. The number of hydrogen-bond acceptors (Lipinski definition) is 4. The lowest BCUT2D eigenvalue weighted by atomic mass is 10.0. The number of esters is 1. The van der Waals surface area contributed by atoms with Crippen molar-refractivity contribution in [2.24, 2.45) is 0 Å². The Morgan fingerprint density at radius 1 is 1.21 bits per heavy atom. The number of carbonyl (C=O) groups excluding carboxylic acids is 1. The topological polar surface area (TPSA) is 88.6 Å². The predicted octanol–water partition coefficient (Wildman–Crippen LogP) is 5.29. The number of methoxy groups -OCH3 is 1. The van der Waals surface area contributed by atoms with E-state index in [9.17, 15) is 14.7 Å². The molecule has 3 rings (SSSR count). The lowest BCUT2D eigenvalue weighted by Crippen LogP contribution is -2.07. The first-order chi connectivity index (χ1) is 13.8. The molecule has 0 unspecified atom stereocenters. The van der Waals surface area contributed by atoms with Crippen LogP contribution in [0.15, 0.2) is 36.4 Å². The number of aromatic nitrogens is 1. The number of nitrogens with one attached hydrogen (secondary N) is 1. The number of halogens is 2. The average Bonchev–Trinajstić information content (AvgIpc) is 3.04. The molecule has 2 aromatic carbocycles. The van der Waals surface area contributed by atoms with Gasteiger partial charge < -0.3 is 19.6 Å². The van der Waals surface area contributed by atoms with Crippen LogP contribution in [0.4, 0.5) is 0 Å².